The van der Waals surface area contributed by atoms with Gasteiger partial charge < -0.3 is 14.7 Å². The van der Waals surface area contributed by atoms with Crippen LogP contribution in [0.15, 0.2) is 71.8 Å². The van der Waals surface area contributed by atoms with Crippen LogP contribution in [0.25, 0.3) is 5.57 Å². The lowest BCUT2D eigenvalue weighted by molar-refractivity contribution is -0.597. The first-order valence-corrected chi connectivity index (χ1v) is 12.9. The minimum Gasteiger partial charge on any atom is -0.478 e. The van der Waals surface area contributed by atoms with Gasteiger partial charge in [-0.1, -0.05) is 38.1 Å². The van der Waals surface area contributed by atoms with Crippen molar-refractivity contribution in [3.05, 3.63) is 94.1 Å². The van der Waals surface area contributed by atoms with Gasteiger partial charge in [0, 0.05) is 36.3 Å². The molecule has 2 aliphatic carbocycles. The van der Waals surface area contributed by atoms with E-state index in [0.29, 0.717) is 18.7 Å². The molecule has 6 nitrogen and oxygen atoms in total. The first-order valence-electron chi connectivity index (χ1n) is 12.9. The standard InChI is InChI=1S/C31H30N2O4/c1-31(2)26-15-20(32-13-6-14-32)9-11-24(26)28(22-7-4-5-8-23(22)29(34)35)25-12-10-21(16-27(25)31)33-17-19(18-33)30(36)37-3/h4-5,7-12,15-16,19H,6,13-14,17-18H2,1-3H3/p+1. The average molecular weight is 496 g/mol. The van der Waals surface area contributed by atoms with Crippen LogP contribution >= 0.6 is 0 Å². The maximum absolute atomic E-state index is 12.2. The molecule has 6 heteroatoms. The minimum atomic E-state index is -0.931. The van der Waals surface area contributed by atoms with Gasteiger partial charge in [-0.2, -0.15) is 0 Å². The van der Waals surface area contributed by atoms with E-state index in [2.05, 4.69) is 59.8 Å². The highest BCUT2D eigenvalue weighted by atomic mass is 16.5. The van der Waals surface area contributed by atoms with E-state index >= 15 is 0 Å². The number of hydrogen-bond acceptors (Lipinski definition) is 4. The molecule has 0 amide bonds. The Kier molecular flexibility index (Phi) is 5.44. The number of carbonyl (C=O) groups is 2. The molecular weight excluding hydrogens is 464 g/mol. The minimum absolute atomic E-state index is 0.0987. The van der Waals surface area contributed by atoms with Crippen LogP contribution in [0.1, 0.15) is 47.3 Å². The van der Waals surface area contributed by atoms with E-state index in [-0.39, 0.29) is 17.3 Å². The molecule has 4 aliphatic rings. The summed E-state index contributed by atoms with van der Waals surface area (Å²) in [6.07, 6.45) is 7.65. The number of esters is 1. The zero-order valence-electron chi connectivity index (χ0n) is 21.5. The molecule has 1 N–H and O–H groups in total. The number of benzene rings is 2. The second-order valence-corrected chi connectivity index (χ2v) is 10.8. The molecule has 0 bridgehead atoms. The average Bonchev–Trinajstić information content (AvgIpc) is 2.83. The van der Waals surface area contributed by atoms with E-state index in [1.807, 2.05) is 12.1 Å². The summed E-state index contributed by atoms with van der Waals surface area (Å²) in [5.41, 5.74) is 8.47. The molecule has 6 rings (SSSR count). The third kappa shape index (κ3) is 3.66. The molecule has 2 aliphatic heterocycles. The molecular formula is C31H31N2O4+. The van der Waals surface area contributed by atoms with Gasteiger partial charge in [-0.3, -0.25) is 4.79 Å². The smallest absolute Gasteiger partial charge is 0.336 e. The molecule has 2 aromatic carbocycles. The van der Waals surface area contributed by atoms with Gasteiger partial charge in [0.05, 0.1) is 12.7 Å². The van der Waals surface area contributed by atoms with Gasteiger partial charge in [0.1, 0.15) is 0 Å². The highest BCUT2D eigenvalue weighted by Gasteiger charge is 2.43. The van der Waals surface area contributed by atoms with Crippen molar-refractivity contribution in [3.63, 3.8) is 0 Å². The fraction of sp³-hybridized carbons (Fsp3) is 0.323. The predicted molar refractivity (Wildman–Crippen MR) is 143 cm³/mol. The van der Waals surface area contributed by atoms with Crippen LogP contribution in [0, 0.1) is 5.92 Å². The van der Waals surface area contributed by atoms with Crippen molar-refractivity contribution in [2.75, 3.05) is 38.2 Å². The summed E-state index contributed by atoms with van der Waals surface area (Å²) in [5, 5.41) is 10.0. The maximum Gasteiger partial charge on any atom is 0.336 e. The molecule has 0 saturated carbocycles. The Morgan fingerprint density at radius 3 is 2.49 bits per heavy atom. The van der Waals surface area contributed by atoms with Crippen molar-refractivity contribution in [1.82, 2.24) is 0 Å². The second-order valence-electron chi connectivity index (χ2n) is 10.8. The normalized spacial score (nSPS) is 21.4. The molecule has 0 aromatic heterocycles. The van der Waals surface area contributed by atoms with Gasteiger partial charge in [0.15, 0.2) is 24.7 Å². The summed E-state index contributed by atoms with van der Waals surface area (Å²) >= 11 is 0. The number of carbonyl (C=O) groups excluding carboxylic acids is 1. The van der Waals surface area contributed by atoms with Crippen molar-refractivity contribution in [1.29, 1.82) is 0 Å². The number of ether oxygens (including phenoxy) is 1. The Morgan fingerprint density at radius 2 is 1.81 bits per heavy atom. The summed E-state index contributed by atoms with van der Waals surface area (Å²) in [6, 6.07) is 13.9. The quantitative estimate of drug-likeness (QED) is 0.502. The van der Waals surface area contributed by atoms with Crippen LogP contribution in [-0.4, -0.2) is 60.6 Å². The summed E-state index contributed by atoms with van der Waals surface area (Å²) in [4.78, 5) is 26.6. The van der Waals surface area contributed by atoms with Crippen molar-refractivity contribution in [2.24, 2.45) is 5.92 Å². The first kappa shape index (κ1) is 23.5. The Morgan fingerprint density at radius 1 is 1.05 bits per heavy atom. The molecule has 0 unspecified atom stereocenters. The fourth-order valence-corrected chi connectivity index (χ4v) is 5.98. The monoisotopic (exact) mass is 495 g/mol. The van der Waals surface area contributed by atoms with E-state index in [1.165, 1.54) is 24.8 Å². The predicted octanol–water partition coefficient (Wildman–Crippen LogP) is 4.44. The van der Waals surface area contributed by atoms with Crippen molar-refractivity contribution < 1.29 is 24.0 Å². The van der Waals surface area contributed by atoms with E-state index < -0.39 is 5.97 Å². The van der Waals surface area contributed by atoms with Gasteiger partial charge in [-0.05, 0) is 64.1 Å². The molecule has 2 fully saturated rings. The fourth-order valence-electron chi connectivity index (χ4n) is 5.98. The maximum atomic E-state index is 12.2. The van der Waals surface area contributed by atoms with Crippen LogP contribution in [0.2, 0.25) is 0 Å². The zero-order valence-corrected chi connectivity index (χ0v) is 21.5. The lowest BCUT2D eigenvalue weighted by Crippen LogP contribution is -2.47. The lowest BCUT2D eigenvalue weighted by atomic mass is 9.64. The van der Waals surface area contributed by atoms with E-state index in [9.17, 15) is 14.7 Å². The number of carboxylic acids is 1. The summed E-state index contributed by atoms with van der Waals surface area (Å²) in [6.45, 7) is 7.91. The number of carboxylic acid groups (broad SMARTS) is 1. The zero-order chi connectivity index (χ0) is 25.9. The Balaban J connectivity index is 1.55. The number of aromatic carboxylic acids is 1. The highest BCUT2D eigenvalue weighted by Crippen LogP contribution is 2.51. The third-order valence-electron chi connectivity index (χ3n) is 8.32. The van der Waals surface area contributed by atoms with Crippen molar-refractivity contribution >= 4 is 28.9 Å². The number of anilines is 1. The number of rotatable bonds is 4. The SMILES string of the molecule is COC(=O)C1C[N+](=C2C=CC3=C(c4ccccc4C(=O)O)c4ccc(N5CCC5)cc4C(C)(C)C3=C2)C1. The molecule has 2 heterocycles. The highest BCUT2D eigenvalue weighted by molar-refractivity contribution is 6.08. The van der Waals surface area contributed by atoms with E-state index in [4.69, 9.17) is 4.74 Å². The van der Waals surface area contributed by atoms with Crippen molar-refractivity contribution in [3.8, 4) is 0 Å². The Labute approximate surface area is 216 Å². The summed E-state index contributed by atoms with van der Waals surface area (Å²) in [7, 11) is 1.44. The van der Waals surface area contributed by atoms with Gasteiger partial charge in [0.2, 0.25) is 0 Å². The Bertz CT molecular complexity index is 1460. The molecule has 2 saturated heterocycles. The van der Waals surface area contributed by atoms with Crippen molar-refractivity contribution in [2.45, 2.75) is 25.7 Å². The number of hydrogen-bond donors (Lipinski definition) is 1. The van der Waals surface area contributed by atoms with Gasteiger partial charge in [-0.15, -0.1) is 0 Å². The second kappa shape index (κ2) is 8.58. The van der Waals surface area contributed by atoms with Crippen LogP contribution in [0.5, 0.6) is 0 Å². The molecule has 37 heavy (non-hydrogen) atoms. The van der Waals surface area contributed by atoms with Crippen LogP contribution in [0.3, 0.4) is 0 Å². The topological polar surface area (TPSA) is 69.8 Å². The molecule has 0 spiro atoms. The van der Waals surface area contributed by atoms with Gasteiger partial charge >= 0.3 is 11.9 Å². The molecule has 188 valence electrons. The first-order chi connectivity index (χ1) is 17.8. The van der Waals surface area contributed by atoms with Crippen LogP contribution in [0.4, 0.5) is 5.69 Å². The number of allylic oxidation sites excluding steroid dienone is 5. The van der Waals surface area contributed by atoms with Gasteiger partial charge in [-0.25, -0.2) is 9.37 Å². The van der Waals surface area contributed by atoms with Crippen LogP contribution in [-0.2, 0) is 14.9 Å². The number of fused-ring (bicyclic) bond motifs is 2. The van der Waals surface area contributed by atoms with E-state index in [1.54, 1.807) is 12.1 Å². The number of nitrogens with zero attached hydrogens (tertiary/aromatic N) is 2. The lowest BCUT2D eigenvalue weighted by Gasteiger charge is -2.41. The van der Waals surface area contributed by atoms with Gasteiger partial charge in [0.25, 0.3) is 0 Å². The molecule has 0 atom stereocenters. The Hall–Kier alpha value is -3.93. The summed E-state index contributed by atoms with van der Waals surface area (Å²) in [5.74, 6) is -1.19. The third-order valence-corrected chi connectivity index (χ3v) is 8.32. The van der Waals surface area contributed by atoms with Crippen LogP contribution < -0.4 is 4.90 Å². The number of methoxy groups -OCH3 is 1. The summed E-state index contributed by atoms with van der Waals surface area (Å²) < 4.78 is 7.12. The molecule has 2 aromatic rings. The largest absolute Gasteiger partial charge is 0.478 e. The van der Waals surface area contributed by atoms with E-state index in [0.717, 1.165) is 46.6 Å². The molecule has 0 radical (unpaired) electrons.